The molecular formula is C14H18O6. The van der Waals surface area contributed by atoms with Gasteiger partial charge in [-0.2, -0.15) is 0 Å². The molecule has 6 nitrogen and oxygen atoms in total. The quantitative estimate of drug-likeness (QED) is 0.829. The monoisotopic (exact) mass is 282 g/mol. The highest BCUT2D eigenvalue weighted by molar-refractivity contribution is 5.91. The SMILES string of the molecule is COc1cc(OC)c(C(=O)O)cc1CC(C)(C)C(=O)O. The summed E-state index contributed by atoms with van der Waals surface area (Å²) in [6.45, 7) is 3.14. The van der Waals surface area contributed by atoms with E-state index >= 15 is 0 Å². The van der Waals surface area contributed by atoms with Gasteiger partial charge in [0, 0.05) is 6.07 Å². The first kappa shape index (κ1) is 15.8. The van der Waals surface area contributed by atoms with Gasteiger partial charge in [-0.05, 0) is 31.9 Å². The molecule has 0 saturated carbocycles. The molecule has 0 aliphatic carbocycles. The standard InChI is InChI=1S/C14H18O6/c1-14(2,13(17)18)7-8-5-9(12(15)16)11(20-4)6-10(8)19-3/h5-6H,7H2,1-4H3,(H,15,16)(H,17,18). The number of ether oxygens (including phenoxy) is 2. The summed E-state index contributed by atoms with van der Waals surface area (Å²) in [7, 11) is 2.80. The second kappa shape index (κ2) is 5.81. The lowest BCUT2D eigenvalue weighted by atomic mass is 9.85. The van der Waals surface area contributed by atoms with Crippen LogP contribution >= 0.6 is 0 Å². The third kappa shape index (κ3) is 3.20. The van der Waals surface area contributed by atoms with E-state index in [0.717, 1.165) is 0 Å². The van der Waals surface area contributed by atoms with Crippen LogP contribution in [0.2, 0.25) is 0 Å². The zero-order valence-electron chi connectivity index (χ0n) is 11.9. The highest BCUT2D eigenvalue weighted by Gasteiger charge is 2.29. The van der Waals surface area contributed by atoms with Crippen LogP contribution < -0.4 is 9.47 Å². The largest absolute Gasteiger partial charge is 0.496 e. The van der Waals surface area contributed by atoms with Gasteiger partial charge in [0.05, 0.1) is 19.6 Å². The summed E-state index contributed by atoms with van der Waals surface area (Å²) in [4.78, 5) is 22.4. The molecule has 1 aromatic rings. The van der Waals surface area contributed by atoms with Crippen LogP contribution in [0.3, 0.4) is 0 Å². The normalized spacial score (nSPS) is 11.0. The molecule has 0 saturated heterocycles. The van der Waals surface area contributed by atoms with Crippen LogP contribution in [-0.4, -0.2) is 36.4 Å². The van der Waals surface area contributed by atoms with E-state index < -0.39 is 17.4 Å². The Balaban J connectivity index is 3.35. The number of carboxylic acids is 2. The first-order chi connectivity index (χ1) is 9.22. The number of rotatable bonds is 6. The Labute approximate surface area is 116 Å². The minimum Gasteiger partial charge on any atom is -0.496 e. The molecule has 1 aromatic carbocycles. The van der Waals surface area contributed by atoms with Crippen molar-refractivity contribution in [1.82, 2.24) is 0 Å². The molecule has 0 unspecified atom stereocenters. The topological polar surface area (TPSA) is 93.1 Å². The number of carbonyl (C=O) groups is 2. The maximum atomic E-state index is 11.2. The number of benzene rings is 1. The van der Waals surface area contributed by atoms with Crippen LogP contribution in [-0.2, 0) is 11.2 Å². The second-order valence-corrected chi connectivity index (χ2v) is 5.04. The Kier molecular flexibility index (Phi) is 4.60. The van der Waals surface area contributed by atoms with Gasteiger partial charge in [0.15, 0.2) is 0 Å². The Morgan fingerprint density at radius 1 is 1.10 bits per heavy atom. The highest BCUT2D eigenvalue weighted by Crippen LogP contribution is 2.33. The van der Waals surface area contributed by atoms with E-state index in [0.29, 0.717) is 11.3 Å². The molecular weight excluding hydrogens is 264 g/mol. The first-order valence-electron chi connectivity index (χ1n) is 5.94. The van der Waals surface area contributed by atoms with E-state index in [-0.39, 0.29) is 17.7 Å². The average molecular weight is 282 g/mol. The van der Waals surface area contributed by atoms with Gasteiger partial charge in [-0.25, -0.2) is 4.79 Å². The molecule has 0 aromatic heterocycles. The number of aromatic carboxylic acids is 1. The summed E-state index contributed by atoms with van der Waals surface area (Å²) < 4.78 is 10.2. The Morgan fingerprint density at radius 3 is 2.05 bits per heavy atom. The Hall–Kier alpha value is -2.24. The lowest BCUT2D eigenvalue weighted by molar-refractivity contribution is -0.146. The number of carboxylic acid groups (broad SMARTS) is 2. The van der Waals surface area contributed by atoms with Crippen LogP contribution in [0.1, 0.15) is 29.8 Å². The predicted molar refractivity (Wildman–Crippen MR) is 71.6 cm³/mol. The molecule has 2 N–H and O–H groups in total. The summed E-state index contributed by atoms with van der Waals surface area (Å²) in [5, 5.41) is 18.3. The number of hydrogen-bond donors (Lipinski definition) is 2. The van der Waals surface area contributed by atoms with E-state index in [1.807, 2.05) is 0 Å². The molecule has 1 rings (SSSR count). The smallest absolute Gasteiger partial charge is 0.339 e. The lowest BCUT2D eigenvalue weighted by Crippen LogP contribution is -2.26. The van der Waals surface area contributed by atoms with Crippen molar-refractivity contribution in [2.45, 2.75) is 20.3 Å². The van der Waals surface area contributed by atoms with Crippen molar-refractivity contribution < 1.29 is 29.3 Å². The van der Waals surface area contributed by atoms with E-state index in [1.54, 1.807) is 13.8 Å². The van der Waals surface area contributed by atoms with Gasteiger partial charge in [-0.3, -0.25) is 4.79 Å². The second-order valence-electron chi connectivity index (χ2n) is 5.04. The van der Waals surface area contributed by atoms with Gasteiger partial charge in [-0.1, -0.05) is 0 Å². The van der Waals surface area contributed by atoms with Crippen molar-refractivity contribution in [1.29, 1.82) is 0 Å². The van der Waals surface area contributed by atoms with Gasteiger partial charge in [0.2, 0.25) is 0 Å². The molecule has 0 radical (unpaired) electrons. The molecule has 110 valence electrons. The molecule has 20 heavy (non-hydrogen) atoms. The molecule has 0 spiro atoms. The molecule has 0 bridgehead atoms. The van der Waals surface area contributed by atoms with Crippen molar-refractivity contribution in [2.24, 2.45) is 5.41 Å². The van der Waals surface area contributed by atoms with E-state index in [2.05, 4.69) is 0 Å². The van der Waals surface area contributed by atoms with Crippen molar-refractivity contribution in [3.8, 4) is 11.5 Å². The van der Waals surface area contributed by atoms with Gasteiger partial charge >= 0.3 is 11.9 Å². The van der Waals surface area contributed by atoms with Crippen LogP contribution in [0.15, 0.2) is 12.1 Å². The molecule has 0 heterocycles. The zero-order chi connectivity index (χ0) is 15.5. The highest BCUT2D eigenvalue weighted by atomic mass is 16.5. The van der Waals surface area contributed by atoms with Gasteiger partial charge in [0.1, 0.15) is 17.1 Å². The van der Waals surface area contributed by atoms with Crippen molar-refractivity contribution in [3.05, 3.63) is 23.3 Å². The van der Waals surface area contributed by atoms with E-state index in [4.69, 9.17) is 19.7 Å². The third-order valence-electron chi connectivity index (χ3n) is 3.04. The van der Waals surface area contributed by atoms with Crippen LogP contribution in [0, 0.1) is 5.41 Å². The van der Waals surface area contributed by atoms with Crippen LogP contribution in [0.5, 0.6) is 11.5 Å². The molecule has 0 fully saturated rings. The van der Waals surface area contributed by atoms with Gasteiger partial charge in [0.25, 0.3) is 0 Å². The molecule has 0 amide bonds. The van der Waals surface area contributed by atoms with Crippen LogP contribution in [0.4, 0.5) is 0 Å². The summed E-state index contributed by atoms with van der Waals surface area (Å²) in [5.74, 6) is -1.53. The maximum Gasteiger partial charge on any atom is 0.339 e. The number of aliphatic carboxylic acids is 1. The molecule has 6 heteroatoms. The fraction of sp³-hybridized carbons (Fsp3) is 0.429. The Morgan fingerprint density at radius 2 is 1.65 bits per heavy atom. The maximum absolute atomic E-state index is 11.2. The lowest BCUT2D eigenvalue weighted by Gasteiger charge is -2.21. The van der Waals surface area contributed by atoms with Crippen LogP contribution in [0.25, 0.3) is 0 Å². The minimum absolute atomic E-state index is 0.0236. The Bertz CT molecular complexity index is 533. The fourth-order valence-electron chi connectivity index (χ4n) is 1.82. The van der Waals surface area contributed by atoms with Crippen molar-refractivity contribution >= 4 is 11.9 Å². The van der Waals surface area contributed by atoms with E-state index in [1.165, 1.54) is 26.4 Å². The van der Waals surface area contributed by atoms with Crippen molar-refractivity contribution in [3.63, 3.8) is 0 Å². The van der Waals surface area contributed by atoms with Gasteiger partial charge < -0.3 is 19.7 Å². The van der Waals surface area contributed by atoms with E-state index in [9.17, 15) is 9.59 Å². The molecule has 0 aliphatic rings. The van der Waals surface area contributed by atoms with Crippen molar-refractivity contribution in [2.75, 3.05) is 14.2 Å². The molecule has 0 aliphatic heterocycles. The predicted octanol–water partition coefficient (Wildman–Crippen LogP) is 2.06. The third-order valence-corrected chi connectivity index (χ3v) is 3.04. The van der Waals surface area contributed by atoms with Gasteiger partial charge in [-0.15, -0.1) is 0 Å². The summed E-state index contributed by atoms with van der Waals surface area (Å²) in [5.41, 5.74) is -0.542. The molecule has 0 atom stereocenters. The number of methoxy groups -OCH3 is 2. The average Bonchev–Trinajstić information content (AvgIpc) is 2.37. The fourth-order valence-corrected chi connectivity index (χ4v) is 1.82. The summed E-state index contributed by atoms with van der Waals surface area (Å²) in [6.07, 6.45) is 0.149. The summed E-state index contributed by atoms with van der Waals surface area (Å²) in [6, 6.07) is 2.85. The number of hydrogen-bond acceptors (Lipinski definition) is 4. The zero-order valence-corrected chi connectivity index (χ0v) is 11.9. The summed E-state index contributed by atoms with van der Waals surface area (Å²) >= 11 is 0. The minimum atomic E-state index is -1.14. The first-order valence-corrected chi connectivity index (χ1v) is 5.94.